The van der Waals surface area contributed by atoms with Gasteiger partial charge >= 0.3 is 0 Å². The Hall–Kier alpha value is -1.69. The van der Waals surface area contributed by atoms with Crippen LogP contribution in [0.15, 0.2) is 23.1 Å². The van der Waals surface area contributed by atoms with E-state index >= 15 is 0 Å². The maximum atomic E-state index is 12.5. The molecule has 0 bridgehead atoms. The second-order valence-corrected chi connectivity index (χ2v) is 6.32. The van der Waals surface area contributed by atoms with Crippen LogP contribution in [0.5, 0.6) is 0 Å². The Morgan fingerprint density at radius 3 is 2.74 bits per heavy atom. The lowest BCUT2D eigenvalue weighted by molar-refractivity contribution is -0.123. The Morgan fingerprint density at radius 1 is 1.47 bits per heavy atom. The van der Waals surface area contributed by atoms with Crippen molar-refractivity contribution in [3.05, 3.63) is 18.2 Å². The van der Waals surface area contributed by atoms with Crippen molar-refractivity contribution in [1.29, 1.82) is 0 Å². The minimum absolute atomic E-state index is 0.0870. The summed E-state index contributed by atoms with van der Waals surface area (Å²) in [6, 6.07) is 5.30. The Balaban J connectivity index is 2.52. The first-order chi connectivity index (χ1) is 8.87. The van der Waals surface area contributed by atoms with Gasteiger partial charge < -0.3 is 16.4 Å². The fourth-order valence-corrected chi connectivity index (χ4v) is 3.36. The normalized spacial score (nSPS) is 22.2. The summed E-state index contributed by atoms with van der Waals surface area (Å²) in [5.41, 5.74) is 12.4. The zero-order chi connectivity index (χ0) is 14.2. The molecule has 0 saturated carbocycles. The third-order valence-electron chi connectivity index (χ3n) is 3.30. The third-order valence-corrected chi connectivity index (χ3v) is 4.76. The van der Waals surface area contributed by atoms with E-state index in [0.29, 0.717) is 17.8 Å². The van der Waals surface area contributed by atoms with Gasteiger partial charge in [0.25, 0.3) is 0 Å². The first-order valence-electron chi connectivity index (χ1n) is 6.06. The summed E-state index contributed by atoms with van der Waals surface area (Å²) in [4.78, 5) is 26.1. The van der Waals surface area contributed by atoms with Gasteiger partial charge in [0, 0.05) is 10.6 Å². The van der Waals surface area contributed by atoms with Crippen molar-refractivity contribution in [2.45, 2.75) is 29.9 Å². The van der Waals surface area contributed by atoms with Crippen molar-refractivity contribution in [3.63, 3.8) is 0 Å². The molecular formula is C13H17N3O2S. The highest BCUT2D eigenvalue weighted by atomic mass is 32.2. The average molecular weight is 279 g/mol. The number of nitrogen functional groups attached to an aromatic ring is 1. The SMILES string of the molecule is CCC1(C)Sc2cc(N)ccc2N(CC(N)=O)C1=O. The molecule has 1 aromatic carbocycles. The molecule has 2 rings (SSSR count). The van der Waals surface area contributed by atoms with Gasteiger partial charge in [-0.05, 0) is 31.5 Å². The summed E-state index contributed by atoms with van der Waals surface area (Å²) >= 11 is 1.49. The van der Waals surface area contributed by atoms with Crippen LogP contribution in [0.25, 0.3) is 0 Å². The van der Waals surface area contributed by atoms with Crippen LogP contribution in [0.3, 0.4) is 0 Å². The van der Waals surface area contributed by atoms with Crippen LogP contribution in [-0.4, -0.2) is 23.1 Å². The molecule has 1 atom stereocenters. The smallest absolute Gasteiger partial charge is 0.243 e. The fraction of sp³-hybridized carbons (Fsp3) is 0.385. The molecule has 6 heteroatoms. The fourth-order valence-electron chi connectivity index (χ4n) is 2.05. The minimum atomic E-state index is -0.587. The number of hydrogen-bond acceptors (Lipinski definition) is 4. The van der Waals surface area contributed by atoms with Crippen LogP contribution in [-0.2, 0) is 9.59 Å². The Kier molecular flexibility index (Phi) is 3.45. The number of carbonyl (C=O) groups excluding carboxylic acids is 2. The van der Waals surface area contributed by atoms with Gasteiger partial charge in [-0.1, -0.05) is 6.92 Å². The number of rotatable bonds is 3. The Labute approximate surface area is 116 Å². The molecule has 1 heterocycles. The van der Waals surface area contributed by atoms with Crippen molar-refractivity contribution in [2.24, 2.45) is 5.73 Å². The molecule has 0 spiro atoms. The summed E-state index contributed by atoms with van der Waals surface area (Å²) in [6.45, 7) is 3.72. The molecule has 4 N–H and O–H groups in total. The van der Waals surface area contributed by atoms with E-state index in [1.807, 2.05) is 19.9 Å². The monoisotopic (exact) mass is 279 g/mol. The van der Waals surface area contributed by atoms with Gasteiger partial charge in [-0.2, -0.15) is 0 Å². The van der Waals surface area contributed by atoms with E-state index in [-0.39, 0.29) is 12.5 Å². The molecule has 0 fully saturated rings. The largest absolute Gasteiger partial charge is 0.399 e. The minimum Gasteiger partial charge on any atom is -0.399 e. The van der Waals surface area contributed by atoms with Crippen molar-refractivity contribution < 1.29 is 9.59 Å². The number of anilines is 2. The third kappa shape index (κ3) is 2.40. The molecule has 19 heavy (non-hydrogen) atoms. The van der Waals surface area contributed by atoms with Crippen LogP contribution in [0.1, 0.15) is 20.3 Å². The zero-order valence-electron chi connectivity index (χ0n) is 11.0. The molecule has 0 saturated heterocycles. The number of amides is 2. The first kappa shape index (κ1) is 13.7. The van der Waals surface area contributed by atoms with Gasteiger partial charge in [-0.25, -0.2) is 0 Å². The molecular weight excluding hydrogens is 262 g/mol. The lowest BCUT2D eigenvalue weighted by Crippen LogP contribution is -2.50. The standard InChI is InChI=1S/C13H17N3O2S/c1-3-13(2)12(18)16(7-11(15)17)9-5-4-8(14)6-10(9)19-13/h4-6H,3,7,14H2,1-2H3,(H2,15,17). The highest BCUT2D eigenvalue weighted by Gasteiger charge is 2.42. The number of primary amides is 1. The predicted molar refractivity (Wildman–Crippen MR) is 77.0 cm³/mol. The van der Waals surface area contributed by atoms with Crippen LogP contribution < -0.4 is 16.4 Å². The van der Waals surface area contributed by atoms with E-state index in [1.54, 1.807) is 12.1 Å². The second-order valence-electron chi connectivity index (χ2n) is 4.77. The molecule has 1 unspecified atom stereocenters. The molecule has 1 aromatic rings. The Bertz CT molecular complexity index is 547. The molecule has 0 radical (unpaired) electrons. The molecule has 0 aromatic heterocycles. The van der Waals surface area contributed by atoms with Crippen molar-refractivity contribution >= 4 is 35.0 Å². The summed E-state index contributed by atoms with van der Waals surface area (Å²) in [5, 5.41) is 0. The van der Waals surface area contributed by atoms with Crippen LogP contribution in [0.4, 0.5) is 11.4 Å². The topological polar surface area (TPSA) is 89.4 Å². The summed E-state index contributed by atoms with van der Waals surface area (Å²) in [6.07, 6.45) is 0.667. The van der Waals surface area contributed by atoms with E-state index < -0.39 is 10.7 Å². The van der Waals surface area contributed by atoms with Crippen LogP contribution in [0.2, 0.25) is 0 Å². The number of carbonyl (C=O) groups is 2. The van der Waals surface area contributed by atoms with E-state index in [1.165, 1.54) is 16.7 Å². The maximum Gasteiger partial charge on any atom is 0.243 e. The van der Waals surface area contributed by atoms with Gasteiger partial charge in [0.1, 0.15) is 6.54 Å². The van der Waals surface area contributed by atoms with Gasteiger partial charge in [0.15, 0.2) is 0 Å². The van der Waals surface area contributed by atoms with Gasteiger partial charge in [0.2, 0.25) is 11.8 Å². The average Bonchev–Trinajstić information content (AvgIpc) is 2.34. The molecule has 5 nitrogen and oxygen atoms in total. The predicted octanol–water partition coefficient (Wildman–Crippen LogP) is 1.36. The quantitative estimate of drug-likeness (QED) is 0.818. The number of fused-ring (bicyclic) bond motifs is 1. The van der Waals surface area contributed by atoms with Crippen molar-refractivity contribution in [1.82, 2.24) is 0 Å². The van der Waals surface area contributed by atoms with E-state index in [4.69, 9.17) is 11.5 Å². The lowest BCUT2D eigenvalue weighted by atomic mass is 10.0. The second kappa shape index (κ2) is 4.77. The van der Waals surface area contributed by atoms with Crippen LogP contribution in [0, 0.1) is 0 Å². The lowest BCUT2D eigenvalue weighted by Gasteiger charge is -2.39. The number of thioether (sulfide) groups is 1. The summed E-state index contributed by atoms with van der Waals surface area (Å²) in [7, 11) is 0. The van der Waals surface area contributed by atoms with Gasteiger partial charge in [-0.15, -0.1) is 11.8 Å². The highest BCUT2D eigenvalue weighted by molar-refractivity contribution is 8.01. The van der Waals surface area contributed by atoms with E-state index in [0.717, 1.165) is 4.90 Å². The molecule has 1 aliphatic heterocycles. The van der Waals surface area contributed by atoms with Gasteiger partial charge in [0.05, 0.1) is 10.4 Å². The summed E-state index contributed by atoms with van der Waals surface area (Å²) in [5.74, 6) is -0.613. The van der Waals surface area contributed by atoms with E-state index in [2.05, 4.69) is 0 Å². The first-order valence-corrected chi connectivity index (χ1v) is 6.88. The summed E-state index contributed by atoms with van der Waals surface area (Å²) < 4.78 is -0.587. The molecule has 1 aliphatic rings. The maximum absolute atomic E-state index is 12.5. The molecule has 102 valence electrons. The van der Waals surface area contributed by atoms with E-state index in [9.17, 15) is 9.59 Å². The number of nitrogens with zero attached hydrogens (tertiary/aromatic N) is 1. The Morgan fingerprint density at radius 2 is 2.16 bits per heavy atom. The number of benzene rings is 1. The molecule has 0 aliphatic carbocycles. The van der Waals surface area contributed by atoms with Crippen molar-refractivity contribution in [3.8, 4) is 0 Å². The number of hydrogen-bond donors (Lipinski definition) is 2. The van der Waals surface area contributed by atoms with Crippen LogP contribution >= 0.6 is 11.8 Å². The highest BCUT2D eigenvalue weighted by Crippen LogP contribution is 2.47. The van der Waals surface area contributed by atoms with Crippen molar-refractivity contribution in [2.75, 3.05) is 17.2 Å². The molecule has 2 amide bonds. The zero-order valence-corrected chi connectivity index (χ0v) is 11.8. The van der Waals surface area contributed by atoms with Gasteiger partial charge in [-0.3, -0.25) is 9.59 Å². The number of nitrogens with two attached hydrogens (primary N) is 2.